The monoisotopic (exact) mass is 207 g/mol. The fourth-order valence-electron chi connectivity index (χ4n) is 1.81. The fourth-order valence-corrected chi connectivity index (χ4v) is 2.88. The summed E-state index contributed by atoms with van der Waals surface area (Å²) in [6, 6.07) is 9.21. The normalized spacial score (nSPS) is 21.9. The maximum Gasteiger partial charge on any atom is 0.0372 e. The van der Waals surface area contributed by atoms with Crippen LogP contribution in [-0.4, -0.2) is 17.5 Å². The van der Waals surface area contributed by atoms with E-state index in [1.807, 2.05) is 0 Å². The van der Waals surface area contributed by atoms with E-state index in [-0.39, 0.29) is 0 Å². The minimum Gasteiger partial charge on any atom is -0.381 e. The summed E-state index contributed by atoms with van der Waals surface area (Å²) < 4.78 is 0. The van der Waals surface area contributed by atoms with Crippen molar-refractivity contribution in [3.05, 3.63) is 29.8 Å². The number of hydrogen-bond donors (Lipinski definition) is 1. The number of nitrogens with one attached hydrogen (secondary N) is 1. The lowest BCUT2D eigenvalue weighted by molar-refractivity contribution is 0.684. The van der Waals surface area contributed by atoms with Gasteiger partial charge in [0.25, 0.3) is 0 Å². The van der Waals surface area contributed by atoms with Gasteiger partial charge in [-0.1, -0.05) is 18.2 Å². The lowest BCUT2D eigenvalue weighted by Gasteiger charge is -2.24. The molecular formula is C12H17NS. The topological polar surface area (TPSA) is 12.0 Å². The highest BCUT2D eigenvalue weighted by Crippen LogP contribution is 2.22. The second-order valence-electron chi connectivity index (χ2n) is 3.87. The van der Waals surface area contributed by atoms with Crippen molar-refractivity contribution in [3.8, 4) is 0 Å². The van der Waals surface area contributed by atoms with Crippen LogP contribution >= 0.6 is 11.8 Å². The molecule has 1 saturated heterocycles. The van der Waals surface area contributed by atoms with Crippen LogP contribution in [0.4, 0.5) is 5.69 Å². The standard InChI is InChI=1S/C12H17NS/c1-10-5-2-3-7-12(10)13-11-6-4-8-14-9-11/h2-3,5,7,11,13H,4,6,8-9H2,1H3/t11-/m0/s1. The molecule has 0 radical (unpaired) electrons. The van der Waals surface area contributed by atoms with Crippen molar-refractivity contribution in [1.29, 1.82) is 0 Å². The highest BCUT2D eigenvalue weighted by Gasteiger charge is 2.13. The van der Waals surface area contributed by atoms with Gasteiger partial charge in [0.15, 0.2) is 0 Å². The average Bonchev–Trinajstić information content (AvgIpc) is 2.23. The number of aryl methyl sites for hydroxylation is 1. The molecule has 1 aromatic carbocycles. The molecule has 0 unspecified atom stereocenters. The highest BCUT2D eigenvalue weighted by atomic mass is 32.2. The Morgan fingerprint density at radius 2 is 2.21 bits per heavy atom. The fraction of sp³-hybridized carbons (Fsp3) is 0.500. The quantitative estimate of drug-likeness (QED) is 0.798. The summed E-state index contributed by atoms with van der Waals surface area (Å²) in [5.41, 5.74) is 2.66. The second kappa shape index (κ2) is 4.74. The third kappa shape index (κ3) is 2.44. The zero-order valence-corrected chi connectivity index (χ0v) is 9.44. The summed E-state index contributed by atoms with van der Waals surface area (Å²) in [4.78, 5) is 0. The molecule has 1 aliphatic rings. The van der Waals surface area contributed by atoms with E-state index in [0.29, 0.717) is 6.04 Å². The first kappa shape index (κ1) is 9.91. The van der Waals surface area contributed by atoms with Gasteiger partial charge in [-0.2, -0.15) is 11.8 Å². The van der Waals surface area contributed by atoms with Crippen LogP contribution in [0.5, 0.6) is 0 Å². The van der Waals surface area contributed by atoms with Gasteiger partial charge in [0.05, 0.1) is 0 Å². The third-order valence-corrected chi connectivity index (χ3v) is 3.88. The van der Waals surface area contributed by atoms with Crippen LogP contribution in [0, 0.1) is 6.92 Å². The largest absolute Gasteiger partial charge is 0.381 e. The maximum absolute atomic E-state index is 3.63. The molecule has 1 N–H and O–H groups in total. The van der Waals surface area contributed by atoms with Crippen molar-refractivity contribution in [1.82, 2.24) is 0 Å². The summed E-state index contributed by atoms with van der Waals surface area (Å²) in [5.74, 6) is 2.60. The van der Waals surface area contributed by atoms with Crippen LogP contribution in [-0.2, 0) is 0 Å². The van der Waals surface area contributed by atoms with Crippen LogP contribution in [0.15, 0.2) is 24.3 Å². The molecule has 0 saturated carbocycles. The number of anilines is 1. The Morgan fingerprint density at radius 3 is 2.93 bits per heavy atom. The molecule has 0 amide bonds. The van der Waals surface area contributed by atoms with E-state index in [2.05, 4.69) is 48.3 Å². The van der Waals surface area contributed by atoms with Gasteiger partial charge in [-0.05, 0) is 37.1 Å². The molecule has 0 aromatic heterocycles. The van der Waals surface area contributed by atoms with E-state index in [0.717, 1.165) is 0 Å². The van der Waals surface area contributed by atoms with Gasteiger partial charge in [-0.25, -0.2) is 0 Å². The molecule has 1 heterocycles. The molecule has 1 atom stereocenters. The Morgan fingerprint density at radius 1 is 1.36 bits per heavy atom. The predicted molar refractivity (Wildman–Crippen MR) is 65.1 cm³/mol. The van der Waals surface area contributed by atoms with Crippen LogP contribution in [0.1, 0.15) is 18.4 Å². The zero-order chi connectivity index (χ0) is 9.80. The van der Waals surface area contributed by atoms with Crippen molar-refractivity contribution in [2.24, 2.45) is 0 Å². The van der Waals surface area contributed by atoms with Crippen molar-refractivity contribution in [2.45, 2.75) is 25.8 Å². The van der Waals surface area contributed by atoms with Gasteiger partial charge in [-0.3, -0.25) is 0 Å². The molecule has 14 heavy (non-hydrogen) atoms. The molecule has 2 heteroatoms. The third-order valence-electron chi connectivity index (χ3n) is 2.66. The summed E-state index contributed by atoms with van der Waals surface area (Å²) in [6.45, 7) is 2.16. The Hall–Kier alpha value is -0.630. The number of para-hydroxylation sites is 1. The molecule has 2 rings (SSSR count). The van der Waals surface area contributed by atoms with E-state index >= 15 is 0 Å². The minimum atomic E-state index is 0.676. The second-order valence-corrected chi connectivity index (χ2v) is 5.02. The summed E-state index contributed by atoms with van der Waals surface area (Å²) in [5, 5.41) is 3.63. The Balaban J connectivity index is 1.99. The first-order chi connectivity index (χ1) is 6.86. The number of thioether (sulfide) groups is 1. The van der Waals surface area contributed by atoms with E-state index in [1.165, 1.54) is 35.6 Å². The Labute approximate surface area is 90.3 Å². The van der Waals surface area contributed by atoms with Gasteiger partial charge in [-0.15, -0.1) is 0 Å². The molecule has 0 aliphatic carbocycles. The summed E-state index contributed by atoms with van der Waals surface area (Å²) >= 11 is 2.07. The number of rotatable bonds is 2. The van der Waals surface area contributed by atoms with E-state index in [4.69, 9.17) is 0 Å². The minimum absolute atomic E-state index is 0.676. The number of hydrogen-bond acceptors (Lipinski definition) is 2. The SMILES string of the molecule is Cc1ccccc1N[C@H]1CCCSC1. The van der Waals surface area contributed by atoms with Gasteiger partial charge in [0.2, 0.25) is 0 Å². The van der Waals surface area contributed by atoms with Crippen LogP contribution in [0.2, 0.25) is 0 Å². The highest BCUT2D eigenvalue weighted by molar-refractivity contribution is 7.99. The Bertz CT molecular complexity index is 292. The molecule has 0 bridgehead atoms. The van der Waals surface area contributed by atoms with Crippen LogP contribution in [0.3, 0.4) is 0 Å². The van der Waals surface area contributed by atoms with Crippen LogP contribution < -0.4 is 5.32 Å². The zero-order valence-electron chi connectivity index (χ0n) is 8.62. The lowest BCUT2D eigenvalue weighted by Crippen LogP contribution is -2.25. The van der Waals surface area contributed by atoms with Gasteiger partial charge >= 0.3 is 0 Å². The van der Waals surface area contributed by atoms with Crippen LogP contribution in [0.25, 0.3) is 0 Å². The first-order valence-corrected chi connectivity index (χ1v) is 6.41. The van der Waals surface area contributed by atoms with Crippen molar-refractivity contribution in [2.75, 3.05) is 16.8 Å². The molecule has 1 nitrogen and oxygen atoms in total. The Kier molecular flexibility index (Phi) is 3.35. The lowest BCUT2D eigenvalue weighted by atomic mass is 10.1. The molecule has 1 aliphatic heterocycles. The maximum atomic E-state index is 3.63. The van der Waals surface area contributed by atoms with Gasteiger partial charge in [0.1, 0.15) is 0 Å². The van der Waals surface area contributed by atoms with E-state index < -0.39 is 0 Å². The first-order valence-electron chi connectivity index (χ1n) is 5.26. The summed E-state index contributed by atoms with van der Waals surface area (Å²) in [7, 11) is 0. The van der Waals surface area contributed by atoms with E-state index in [1.54, 1.807) is 0 Å². The molecule has 1 fully saturated rings. The smallest absolute Gasteiger partial charge is 0.0372 e. The predicted octanol–water partition coefficient (Wildman–Crippen LogP) is 3.30. The average molecular weight is 207 g/mol. The van der Waals surface area contributed by atoms with Crippen molar-refractivity contribution < 1.29 is 0 Å². The van der Waals surface area contributed by atoms with Gasteiger partial charge < -0.3 is 5.32 Å². The summed E-state index contributed by atoms with van der Waals surface area (Å²) in [6.07, 6.45) is 2.68. The van der Waals surface area contributed by atoms with E-state index in [9.17, 15) is 0 Å². The van der Waals surface area contributed by atoms with Crippen molar-refractivity contribution in [3.63, 3.8) is 0 Å². The van der Waals surface area contributed by atoms with Crippen molar-refractivity contribution >= 4 is 17.4 Å². The molecule has 0 spiro atoms. The number of benzene rings is 1. The molecule has 76 valence electrons. The molecular weight excluding hydrogens is 190 g/mol. The van der Waals surface area contributed by atoms with Gasteiger partial charge in [0, 0.05) is 17.5 Å². The molecule has 1 aromatic rings.